The van der Waals surface area contributed by atoms with Crippen LogP contribution in [0.2, 0.25) is 5.02 Å². The van der Waals surface area contributed by atoms with E-state index in [9.17, 15) is 9.18 Å². The Morgan fingerprint density at radius 1 is 1.13 bits per heavy atom. The minimum Gasteiger partial charge on any atom is -0.488 e. The van der Waals surface area contributed by atoms with Crippen LogP contribution in [0.5, 0.6) is 5.75 Å². The SMILES string of the molecule is CC1CCCC(C)N1C/C=C/C(=O)Nc1cc2c(Nc3ccc(F)c(Cl)c3)ncnc2cc1OC1CCC1. The minimum absolute atomic E-state index is 0.0117. The van der Waals surface area contributed by atoms with Gasteiger partial charge in [0.2, 0.25) is 5.91 Å². The number of carbonyl (C=O) groups excluding carboxylic acids is 1. The maximum atomic E-state index is 13.6. The molecule has 1 saturated heterocycles. The fraction of sp³-hybridized carbons (Fsp3) is 0.414. The summed E-state index contributed by atoms with van der Waals surface area (Å²) in [5.74, 6) is 0.366. The fourth-order valence-corrected chi connectivity index (χ4v) is 5.23. The zero-order valence-corrected chi connectivity index (χ0v) is 22.5. The fourth-order valence-electron chi connectivity index (χ4n) is 5.05. The molecule has 0 radical (unpaired) electrons. The van der Waals surface area contributed by atoms with Crippen molar-refractivity contribution in [1.29, 1.82) is 0 Å². The van der Waals surface area contributed by atoms with E-state index in [2.05, 4.69) is 39.3 Å². The second-order valence-electron chi connectivity index (χ2n) is 10.2. The number of anilines is 3. The summed E-state index contributed by atoms with van der Waals surface area (Å²) in [5, 5.41) is 6.88. The number of hydrogen-bond acceptors (Lipinski definition) is 6. The third-order valence-electron chi connectivity index (χ3n) is 7.48. The molecule has 2 aromatic carbocycles. The molecule has 1 aromatic heterocycles. The molecule has 2 N–H and O–H groups in total. The van der Waals surface area contributed by atoms with E-state index >= 15 is 0 Å². The number of benzene rings is 2. The summed E-state index contributed by atoms with van der Waals surface area (Å²) in [4.78, 5) is 24.2. The maximum Gasteiger partial charge on any atom is 0.248 e. The van der Waals surface area contributed by atoms with E-state index in [-0.39, 0.29) is 17.0 Å². The molecule has 2 unspecified atom stereocenters. The molecule has 3 aromatic rings. The number of likely N-dealkylation sites (tertiary alicyclic amines) is 1. The van der Waals surface area contributed by atoms with Gasteiger partial charge in [0.1, 0.15) is 23.7 Å². The van der Waals surface area contributed by atoms with Gasteiger partial charge in [0, 0.05) is 41.8 Å². The Morgan fingerprint density at radius 2 is 1.89 bits per heavy atom. The monoisotopic (exact) mass is 537 g/mol. The second kappa shape index (κ2) is 11.7. The van der Waals surface area contributed by atoms with Gasteiger partial charge < -0.3 is 15.4 Å². The maximum absolute atomic E-state index is 13.6. The molecule has 9 heteroatoms. The number of carbonyl (C=O) groups is 1. The Balaban J connectivity index is 1.39. The van der Waals surface area contributed by atoms with E-state index in [4.69, 9.17) is 16.3 Å². The predicted molar refractivity (Wildman–Crippen MR) is 150 cm³/mol. The number of piperidine rings is 1. The quantitative estimate of drug-likeness (QED) is 0.306. The molecular weight excluding hydrogens is 505 g/mol. The summed E-state index contributed by atoms with van der Waals surface area (Å²) >= 11 is 5.96. The molecule has 0 spiro atoms. The van der Waals surface area contributed by atoms with Gasteiger partial charge in [-0.1, -0.05) is 24.1 Å². The van der Waals surface area contributed by atoms with Crippen molar-refractivity contribution in [1.82, 2.24) is 14.9 Å². The summed E-state index contributed by atoms with van der Waals surface area (Å²) in [7, 11) is 0. The van der Waals surface area contributed by atoms with Crippen LogP contribution in [0.25, 0.3) is 10.9 Å². The molecule has 0 bridgehead atoms. The summed E-state index contributed by atoms with van der Waals surface area (Å²) in [6.45, 7) is 5.23. The van der Waals surface area contributed by atoms with Gasteiger partial charge in [-0.2, -0.15) is 0 Å². The van der Waals surface area contributed by atoms with Gasteiger partial charge >= 0.3 is 0 Å². The van der Waals surface area contributed by atoms with Gasteiger partial charge in [0.15, 0.2) is 0 Å². The number of amides is 1. The van der Waals surface area contributed by atoms with E-state index in [0.717, 1.165) is 25.8 Å². The lowest BCUT2D eigenvalue weighted by Crippen LogP contribution is -2.43. The van der Waals surface area contributed by atoms with E-state index in [1.807, 2.05) is 18.2 Å². The summed E-state index contributed by atoms with van der Waals surface area (Å²) < 4.78 is 19.9. The zero-order valence-electron chi connectivity index (χ0n) is 21.7. The van der Waals surface area contributed by atoms with E-state index < -0.39 is 5.82 Å². The number of halogens is 2. The predicted octanol–water partition coefficient (Wildman–Crippen LogP) is 6.85. The second-order valence-corrected chi connectivity index (χ2v) is 10.6. The molecule has 2 atom stereocenters. The molecule has 2 heterocycles. The zero-order chi connectivity index (χ0) is 26.6. The van der Waals surface area contributed by atoms with Gasteiger partial charge in [-0.05, 0) is 70.2 Å². The van der Waals surface area contributed by atoms with Crippen LogP contribution in [-0.2, 0) is 4.79 Å². The molecule has 38 heavy (non-hydrogen) atoms. The van der Waals surface area contributed by atoms with Crippen LogP contribution < -0.4 is 15.4 Å². The first-order valence-electron chi connectivity index (χ1n) is 13.3. The Labute approximate surface area is 227 Å². The first-order valence-corrected chi connectivity index (χ1v) is 13.7. The number of fused-ring (bicyclic) bond motifs is 1. The molecule has 2 fully saturated rings. The lowest BCUT2D eigenvalue weighted by Gasteiger charge is -2.38. The number of nitrogens with one attached hydrogen (secondary N) is 2. The summed E-state index contributed by atoms with van der Waals surface area (Å²) in [5.41, 5.74) is 1.79. The Morgan fingerprint density at radius 3 is 2.61 bits per heavy atom. The molecule has 5 rings (SSSR count). The summed E-state index contributed by atoms with van der Waals surface area (Å²) in [6.07, 6.45) is 11.8. The molecule has 1 aliphatic carbocycles. The standard InChI is InChI=1S/C29H33ClFN5O2/c1-18-6-3-7-19(2)36(18)13-5-10-28(37)35-26-15-22-25(16-27(26)38-21-8-4-9-21)32-17-33-29(22)34-20-11-12-24(31)23(30)14-20/h5,10-12,14-19,21H,3-4,6-9,13H2,1-2H3,(H,35,37)(H,32,33,34)/b10-5+. The Bertz CT molecular complexity index is 1340. The number of aromatic nitrogens is 2. The van der Waals surface area contributed by atoms with Gasteiger partial charge in [0.25, 0.3) is 0 Å². The average molecular weight is 538 g/mol. The third-order valence-corrected chi connectivity index (χ3v) is 7.77. The lowest BCUT2D eigenvalue weighted by atomic mass is 9.96. The van der Waals surface area contributed by atoms with Crippen molar-refractivity contribution in [2.45, 2.75) is 70.6 Å². The number of nitrogens with zero attached hydrogens (tertiary/aromatic N) is 3. The number of rotatable bonds is 8. The van der Waals surface area contributed by atoms with Gasteiger partial charge in [0.05, 0.1) is 22.3 Å². The minimum atomic E-state index is -0.496. The van der Waals surface area contributed by atoms with Crippen molar-refractivity contribution in [3.05, 3.63) is 59.7 Å². The average Bonchev–Trinajstić information content (AvgIpc) is 2.86. The van der Waals surface area contributed by atoms with Crippen LogP contribution in [0.1, 0.15) is 52.4 Å². The normalized spacial score (nSPS) is 20.4. The van der Waals surface area contributed by atoms with Crippen LogP contribution in [0.4, 0.5) is 21.6 Å². The van der Waals surface area contributed by atoms with Gasteiger partial charge in [-0.3, -0.25) is 9.69 Å². The van der Waals surface area contributed by atoms with Crippen LogP contribution in [0.15, 0.2) is 48.8 Å². The first kappa shape index (κ1) is 26.4. The molecule has 2 aliphatic rings. The largest absolute Gasteiger partial charge is 0.488 e. The van der Waals surface area contributed by atoms with E-state index in [0.29, 0.717) is 45.9 Å². The summed E-state index contributed by atoms with van der Waals surface area (Å²) in [6, 6.07) is 9.04. The number of ether oxygens (including phenoxy) is 1. The van der Waals surface area contributed by atoms with E-state index in [1.165, 1.54) is 37.7 Å². The van der Waals surface area contributed by atoms with Gasteiger partial charge in [-0.15, -0.1) is 0 Å². The molecule has 200 valence electrons. The third kappa shape index (κ3) is 6.08. The lowest BCUT2D eigenvalue weighted by molar-refractivity contribution is -0.112. The Hall–Kier alpha value is -3.23. The van der Waals surface area contributed by atoms with Gasteiger partial charge in [-0.25, -0.2) is 14.4 Å². The van der Waals surface area contributed by atoms with Crippen molar-refractivity contribution in [2.24, 2.45) is 0 Å². The highest BCUT2D eigenvalue weighted by Crippen LogP contribution is 2.36. The van der Waals surface area contributed by atoms with Crippen LogP contribution in [0.3, 0.4) is 0 Å². The van der Waals surface area contributed by atoms with Crippen LogP contribution in [0, 0.1) is 5.82 Å². The van der Waals surface area contributed by atoms with E-state index in [1.54, 1.807) is 12.1 Å². The molecule has 1 amide bonds. The van der Waals surface area contributed by atoms with Crippen LogP contribution in [-0.4, -0.2) is 45.5 Å². The smallest absolute Gasteiger partial charge is 0.248 e. The van der Waals surface area contributed by atoms with Crippen molar-refractivity contribution >= 4 is 45.6 Å². The van der Waals surface area contributed by atoms with Crippen molar-refractivity contribution in [3.63, 3.8) is 0 Å². The van der Waals surface area contributed by atoms with Crippen molar-refractivity contribution < 1.29 is 13.9 Å². The molecular formula is C29H33ClFN5O2. The van der Waals surface area contributed by atoms with Crippen molar-refractivity contribution in [3.8, 4) is 5.75 Å². The molecule has 7 nitrogen and oxygen atoms in total. The van der Waals surface area contributed by atoms with Crippen LogP contribution >= 0.6 is 11.6 Å². The molecule has 1 saturated carbocycles. The highest BCUT2D eigenvalue weighted by atomic mass is 35.5. The first-order chi connectivity index (χ1) is 18.4. The topological polar surface area (TPSA) is 79.4 Å². The highest BCUT2D eigenvalue weighted by molar-refractivity contribution is 6.31. The number of hydrogen-bond donors (Lipinski definition) is 2. The Kier molecular flexibility index (Phi) is 8.09. The molecule has 1 aliphatic heterocycles. The highest BCUT2D eigenvalue weighted by Gasteiger charge is 2.24. The van der Waals surface area contributed by atoms with Crippen molar-refractivity contribution in [2.75, 3.05) is 17.2 Å².